The van der Waals surface area contributed by atoms with Gasteiger partial charge in [0.1, 0.15) is 5.92 Å². The number of aromatic nitrogens is 1. The first kappa shape index (κ1) is 16.7. The first-order valence-corrected chi connectivity index (χ1v) is 7.01. The van der Waals surface area contributed by atoms with Crippen LogP contribution in [0.5, 0.6) is 0 Å². The van der Waals surface area contributed by atoms with Crippen LogP contribution in [0.15, 0.2) is 40.8 Å². The molecule has 1 aromatic rings. The molecule has 7 heteroatoms. The smallest absolute Gasteiger partial charge is 0.336 e. The third-order valence-electron chi connectivity index (χ3n) is 3.85. The minimum absolute atomic E-state index is 0.250. The summed E-state index contributed by atoms with van der Waals surface area (Å²) in [5.74, 6) is -2.58. The molecular formula is C16H18N2O5. The predicted molar refractivity (Wildman–Crippen MR) is 81.5 cm³/mol. The first-order valence-electron chi connectivity index (χ1n) is 7.01. The van der Waals surface area contributed by atoms with Gasteiger partial charge in [0.05, 0.1) is 19.8 Å². The molecule has 1 aliphatic rings. The number of carbonyl (C=O) groups is 2. The van der Waals surface area contributed by atoms with Crippen molar-refractivity contribution in [2.24, 2.45) is 10.9 Å². The van der Waals surface area contributed by atoms with Gasteiger partial charge in [0.25, 0.3) is 0 Å². The minimum Gasteiger partial charge on any atom is -0.619 e. The van der Waals surface area contributed by atoms with E-state index >= 15 is 0 Å². The van der Waals surface area contributed by atoms with E-state index in [2.05, 4.69) is 4.99 Å². The van der Waals surface area contributed by atoms with E-state index in [9.17, 15) is 14.8 Å². The predicted octanol–water partition coefficient (Wildman–Crippen LogP) is 1.11. The maximum Gasteiger partial charge on any atom is 0.336 e. The number of pyridine rings is 1. The van der Waals surface area contributed by atoms with Gasteiger partial charge in [-0.2, -0.15) is 4.73 Å². The van der Waals surface area contributed by atoms with Crippen molar-refractivity contribution in [2.75, 3.05) is 14.2 Å². The summed E-state index contributed by atoms with van der Waals surface area (Å²) in [5.41, 5.74) is 1.75. The Morgan fingerprint density at radius 3 is 2.52 bits per heavy atom. The highest BCUT2D eigenvalue weighted by Gasteiger charge is 2.42. The molecule has 1 aromatic heterocycles. The molecule has 2 atom stereocenters. The number of carbonyl (C=O) groups excluding carboxylic acids is 2. The molecule has 7 nitrogen and oxygen atoms in total. The van der Waals surface area contributed by atoms with Crippen molar-refractivity contribution in [3.05, 3.63) is 46.6 Å². The van der Waals surface area contributed by atoms with Gasteiger partial charge in [-0.15, -0.1) is 0 Å². The monoisotopic (exact) mass is 318 g/mol. The molecule has 0 amide bonds. The zero-order valence-corrected chi connectivity index (χ0v) is 13.4. The molecule has 1 aliphatic heterocycles. The lowest BCUT2D eigenvalue weighted by Crippen LogP contribution is -2.37. The lowest BCUT2D eigenvalue weighted by atomic mass is 9.76. The van der Waals surface area contributed by atoms with Gasteiger partial charge in [0.2, 0.25) is 0 Å². The van der Waals surface area contributed by atoms with Crippen LogP contribution in [0.3, 0.4) is 0 Å². The van der Waals surface area contributed by atoms with E-state index in [-0.39, 0.29) is 5.57 Å². The average molecular weight is 318 g/mol. The fourth-order valence-electron chi connectivity index (χ4n) is 2.86. The normalized spacial score (nSPS) is 20.8. The molecule has 2 heterocycles. The second kappa shape index (κ2) is 6.60. The van der Waals surface area contributed by atoms with Crippen LogP contribution in [-0.4, -0.2) is 31.9 Å². The number of rotatable bonds is 3. The highest BCUT2D eigenvalue weighted by molar-refractivity contribution is 6.06. The quantitative estimate of drug-likeness (QED) is 0.473. The molecule has 0 spiro atoms. The summed E-state index contributed by atoms with van der Waals surface area (Å²) in [4.78, 5) is 28.8. The summed E-state index contributed by atoms with van der Waals surface area (Å²) in [7, 11) is 2.53. The number of allylic oxidation sites excluding steroid dienone is 1. The first-order chi connectivity index (χ1) is 10.9. The van der Waals surface area contributed by atoms with E-state index < -0.39 is 23.8 Å². The van der Waals surface area contributed by atoms with Gasteiger partial charge in [-0.3, -0.25) is 9.79 Å². The minimum atomic E-state index is -0.791. The van der Waals surface area contributed by atoms with Crippen LogP contribution in [0.4, 0.5) is 0 Å². The molecule has 122 valence electrons. The molecule has 0 saturated heterocycles. The topological polar surface area (TPSA) is 91.9 Å². The fraction of sp³-hybridized carbons (Fsp3) is 0.375. The molecular weight excluding hydrogens is 300 g/mol. The zero-order valence-electron chi connectivity index (χ0n) is 13.4. The Morgan fingerprint density at radius 1 is 1.26 bits per heavy atom. The van der Waals surface area contributed by atoms with Gasteiger partial charge < -0.3 is 14.7 Å². The van der Waals surface area contributed by atoms with Gasteiger partial charge in [0, 0.05) is 29.0 Å². The van der Waals surface area contributed by atoms with Crippen molar-refractivity contribution < 1.29 is 23.8 Å². The summed E-state index contributed by atoms with van der Waals surface area (Å²) in [5, 5.41) is 11.6. The van der Waals surface area contributed by atoms with E-state index in [0.29, 0.717) is 21.7 Å². The van der Waals surface area contributed by atoms with Gasteiger partial charge >= 0.3 is 11.9 Å². The Labute approximate surface area is 133 Å². The molecule has 23 heavy (non-hydrogen) atoms. The third-order valence-corrected chi connectivity index (χ3v) is 3.85. The lowest BCUT2D eigenvalue weighted by Gasteiger charge is -2.30. The van der Waals surface area contributed by atoms with Gasteiger partial charge in [0.15, 0.2) is 12.4 Å². The van der Waals surface area contributed by atoms with Crippen molar-refractivity contribution in [3.63, 3.8) is 0 Å². The van der Waals surface area contributed by atoms with Crippen LogP contribution < -0.4 is 4.73 Å². The van der Waals surface area contributed by atoms with Crippen LogP contribution in [0.25, 0.3) is 0 Å². The third kappa shape index (κ3) is 3.08. The highest BCUT2D eigenvalue weighted by Crippen LogP contribution is 2.39. The highest BCUT2D eigenvalue weighted by atomic mass is 16.5. The maximum atomic E-state index is 12.2. The van der Waals surface area contributed by atoms with Crippen molar-refractivity contribution in [1.82, 2.24) is 0 Å². The zero-order chi connectivity index (χ0) is 17.1. The summed E-state index contributed by atoms with van der Waals surface area (Å²) >= 11 is 0. The molecule has 2 unspecified atom stereocenters. The molecule has 0 aromatic carbocycles. The van der Waals surface area contributed by atoms with E-state index in [1.807, 2.05) is 0 Å². The number of hydrogen-bond acceptors (Lipinski definition) is 6. The van der Waals surface area contributed by atoms with Crippen LogP contribution in [0.1, 0.15) is 25.3 Å². The lowest BCUT2D eigenvalue weighted by molar-refractivity contribution is -0.605. The molecule has 0 bridgehead atoms. The van der Waals surface area contributed by atoms with E-state index in [4.69, 9.17) is 9.47 Å². The Hall–Kier alpha value is -2.70. The Balaban J connectivity index is 2.68. The average Bonchev–Trinajstić information content (AvgIpc) is 2.52. The number of nitrogens with zero attached hydrogens (tertiary/aromatic N) is 2. The van der Waals surface area contributed by atoms with E-state index in [1.54, 1.807) is 26.0 Å². The van der Waals surface area contributed by atoms with E-state index in [0.717, 1.165) is 0 Å². The number of hydrogen-bond donors (Lipinski definition) is 0. The van der Waals surface area contributed by atoms with E-state index in [1.165, 1.54) is 26.6 Å². The Morgan fingerprint density at radius 2 is 1.96 bits per heavy atom. The van der Waals surface area contributed by atoms with Crippen molar-refractivity contribution >= 4 is 17.7 Å². The summed E-state index contributed by atoms with van der Waals surface area (Å²) in [6.07, 6.45) is 2.66. The molecule has 0 fully saturated rings. The molecule has 0 N–H and O–H groups in total. The summed E-state index contributed by atoms with van der Waals surface area (Å²) < 4.78 is 10.3. The van der Waals surface area contributed by atoms with Crippen LogP contribution in [0, 0.1) is 11.1 Å². The summed E-state index contributed by atoms with van der Waals surface area (Å²) in [6.45, 7) is 3.37. The molecule has 2 rings (SSSR count). The number of ether oxygens (including phenoxy) is 2. The van der Waals surface area contributed by atoms with Crippen molar-refractivity contribution in [1.29, 1.82) is 0 Å². The van der Waals surface area contributed by atoms with Crippen LogP contribution in [-0.2, 0) is 19.1 Å². The van der Waals surface area contributed by atoms with Crippen molar-refractivity contribution in [3.8, 4) is 0 Å². The van der Waals surface area contributed by atoms with Gasteiger partial charge in [-0.05, 0) is 19.9 Å². The molecule has 0 aliphatic carbocycles. The standard InChI is InChI=1S/C16H18N2O5/c1-9-12(15(19)22-3)14(11-6-5-7-18(21)8-11)13(10(2)17-9)16(20)23-4/h5-8,12,14H,1-4H3. The Bertz CT molecular complexity index is 708. The molecule has 0 radical (unpaired) electrons. The molecule has 0 saturated carbocycles. The number of aliphatic imine (C=N–C) groups is 1. The Kier molecular flexibility index (Phi) is 4.78. The number of esters is 2. The van der Waals surface area contributed by atoms with Crippen molar-refractivity contribution in [2.45, 2.75) is 19.8 Å². The fourth-order valence-corrected chi connectivity index (χ4v) is 2.86. The SMILES string of the molecule is COC(=O)C1=C(C)N=C(C)C(C(=O)OC)C1c1ccc[n+]([O-])c1. The largest absolute Gasteiger partial charge is 0.619 e. The van der Waals surface area contributed by atoms with Gasteiger partial charge in [-0.1, -0.05) is 0 Å². The number of methoxy groups -OCH3 is 2. The van der Waals surface area contributed by atoms with Gasteiger partial charge in [-0.25, -0.2) is 4.79 Å². The summed E-state index contributed by atoms with van der Waals surface area (Å²) in [6, 6.07) is 3.24. The van der Waals surface area contributed by atoms with Crippen LogP contribution in [0.2, 0.25) is 0 Å². The second-order valence-corrected chi connectivity index (χ2v) is 5.22. The van der Waals surface area contributed by atoms with Crippen LogP contribution >= 0.6 is 0 Å². The maximum absolute atomic E-state index is 12.2. The second-order valence-electron chi connectivity index (χ2n) is 5.22.